The summed E-state index contributed by atoms with van der Waals surface area (Å²) < 4.78 is 68.8. The van der Waals surface area contributed by atoms with Crippen molar-refractivity contribution in [3.63, 3.8) is 0 Å². The lowest BCUT2D eigenvalue weighted by molar-refractivity contribution is -0.141. The van der Waals surface area contributed by atoms with Crippen molar-refractivity contribution in [2.75, 3.05) is 6.54 Å². The first kappa shape index (κ1) is 39.5. The summed E-state index contributed by atoms with van der Waals surface area (Å²) in [4.78, 5) is 62.6. The topological polar surface area (TPSA) is 173 Å². The predicted octanol–water partition coefficient (Wildman–Crippen LogP) is 5.31. The van der Waals surface area contributed by atoms with E-state index in [1.165, 1.54) is 4.90 Å². The van der Waals surface area contributed by atoms with Gasteiger partial charge >= 0.3 is 6.09 Å². The molecule has 16 heteroatoms. The first-order chi connectivity index (χ1) is 27.1. The number of sulfonamides is 1. The van der Waals surface area contributed by atoms with Gasteiger partial charge in [-0.15, -0.1) is 0 Å². The lowest BCUT2D eigenvalue weighted by Crippen LogP contribution is -2.58. The maximum absolute atomic E-state index is 14.8. The first-order valence-electron chi connectivity index (χ1n) is 20.4. The highest BCUT2D eigenvalue weighted by atomic mass is 32.2. The van der Waals surface area contributed by atoms with Crippen molar-refractivity contribution in [3.8, 4) is 5.75 Å². The molecule has 1 spiro atoms. The Morgan fingerprint density at radius 2 is 1.72 bits per heavy atom. The number of nitrogens with zero attached hydrogens (tertiary/aromatic N) is 2. The molecule has 4 heterocycles. The van der Waals surface area contributed by atoms with Crippen LogP contribution >= 0.6 is 0 Å². The number of aromatic nitrogens is 1. The molecule has 3 aliphatic carbocycles. The zero-order valence-electron chi connectivity index (χ0n) is 32.5. The van der Waals surface area contributed by atoms with Crippen molar-refractivity contribution in [1.82, 2.24) is 25.2 Å². The normalized spacial score (nSPS) is 30.7. The fourth-order valence-corrected chi connectivity index (χ4v) is 10.5. The van der Waals surface area contributed by atoms with E-state index in [0.717, 1.165) is 57.1 Å². The zero-order chi connectivity index (χ0) is 40.3. The van der Waals surface area contributed by atoms with Crippen molar-refractivity contribution in [1.29, 1.82) is 0 Å². The SMILES string of the molecule is Cc1nc2cc(F)c(F)cc2c2c1O[C@]1(CC2)C[C@H]2C(=O)N[C@]3(C(=O)NS(=O)(=O)C4(C)CC4)C[C@H]3/C=C\CCCCC[C@H](NC(=O)OC3CCCCC3)C(=O)N2C1. The van der Waals surface area contributed by atoms with E-state index in [-0.39, 0.29) is 31.0 Å². The van der Waals surface area contributed by atoms with E-state index in [9.17, 15) is 36.4 Å². The molecule has 1 saturated heterocycles. The number of allylic oxidation sites excluding steroid dienone is 1. The number of hydrogen-bond acceptors (Lipinski definition) is 9. The number of rotatable bonds is 5. The van der Waals surface area contributed by atoms with E-state index in [1.807, 2.05) is 12.2 Å². The molecule has 4 amide bonds. The molecule has 3 aliphatic heterocycles. The number of nitrogens with one attached hydrogen (secondary N) is 3. The number of amides is 4. The monoisotopic (exact) mass is 811 g/mol. The molecule has 3 saturated carbocycles. The van der Waals surface area contributed by atoms with Crippen LogP contribution in [0.4, 0.5) is 13.6 Å². The summed E-state index contributed by atoms with van der Waals surface area (Å²) in [6.45, 7) is 3.22. The second-order valence-corrected chi connectivity index (χ2v) is 19.5. The molecule has 1 aromatic heterocycles. The van der Waals surface area contributed by atoms with E-state index < -0.39 is 79.4 Å². The molecule has 1 aromatic carbocycles. The minimum atomic E-state index is -4.02. The fourth-order valence-electron chi connectivity index (χ4n) is 9.20. The van der Waals surface area contributed by atoms with Crippen LogP contribution in [0, 0.1) is 24.5 Å². The number of carbonyl (C=O) groups excluding carboxylic acids is 4. The summed E-state index contributed by atoms with van der Waals surface area (Å²) in [6.07, 6.45) is 12.1. The van der Waals surface area contributed by atoms with Crippen LogP contribution in [-0.4, -0.2) is 82.7 Å². The number of aryl methyl sites for hydroxylation is 2. The highest BCUT2D eigenvalue weighted by Gasteiger charge is 2.64. The number of fused-ring (bicyclic) bond motifs is 5. The largest absolute Gasteiger partial charge is 0.483 e. The molecule has 0 unspecified atom stereocenters. The van der Waals surface area contributed by atoms with Gasteiger partial charge in [0.25, 0.3) is 5.91 Å². The van der Waals surface area contributed by atoms with E-state index in [2.05, 4.69) is 20.3 Å². The Hall–Kier alpha value is -4.34. The van der Waals surface area contributed by atoms with Gasteiger partial charge in [0.2, 0.25) is 21.8 Å². The molecular weight excluding hydrogens is 761 g/mol. The third-order valence-corrected chi connectivity index (χ3v) is 15.3. The van der Waals surface area contributed by atoms with Crippen LogP contribution in [0.25, 0.3) is 10.9 Å². The average molecular weight is 812 g/mol. The summed E-state index contributed by atoms with van der Waals surface area (Å²) in [5.74, 6) is -4.12. The molecule has 57 heavy (non-hydrogen) atoms. The summed E-state index contributed by atoms with van der Waals surface area (Å²) in [6, 6.07) is -0.0454. The lowest BCUT2D eigenvalue weighted by atomic mass is 9.87. The van der Waals surface area contributed by atoms with E-state index in [4.69, 9.17) is 9.47 Å². The van der Waals surface area contributed by atoms with Gasteiger partial charge in [-0.25, -0.2) is 27.0 Å². The highest BCUT2D eigenvalue weighted by molar-refractivity contribution is 7.91. The van der Waals surface area contributed by atoms with Crippen molar-refractivity contribution in [3.05, 3.63) is 47.2 Å². The van der Waals surface area contributed by atoms with E-state index in [0.29, 0.717) is 67.3 Å². The summed E-state index contributed by atoms with van der Waals surface area (Å²) in [5.41, 5.74) is -1.33. The first-order valence-corrected chi connectivity index (χ1v) is 21.9. The molecule has 308 valence electrons. The minimum absolute atomic E-state index is 0.00703. The second kappa shape index (κ2) is 14.8. The number of carbonyl (C=O) groups is 4. The number of benzene rings is 1. The average Bonchev–Trinajstić information content (AvgIpc) is 4.06. The van der Waals surface area contributed by atoms with Gasteiger partial charge in [0.05, 0.1) is 22.5 Å². The maximum Gasteiger partial charge on any atom is 0.408 e. The quantitative estimate of drug-likeness (QED) is 0.339. The van der Waals surface area contributed by atoms with Gasteiger partial charge in [0.1, 0.15) is 35.1 Å². The van der Waals surface area contributed by atoms with Crippen LogP contribution in [0.3, 0.4) is 0 Å². The van der Waals surface area contributed by atoms with Gasteiger partial charge in [-0.05, 0) is 97.0 Å². The Morgan fingerprint density at radius 3 is 2.47 bits per heavy atom. The second-order valence-electron chi connectivity index (χ2n) is 17.3. The number of pyridine rings is 1. The Balaban J connectivity index is 1.12. The van der Waals surface area contributed by atoms with E-state index >= 15 is 0 Å². The van der Waals surface area contributed by atoms with Crippen LogP contribution in [-0.2, 0) is 35.6 Å². The lowest BCUT2D eigenvalue weighted by Gasteiger charge is -2.36. The van der Waals surface area contributed by atoms with Crippen molar-refractivity contribution in [2.24, 2.45) is 5.92 Å². The fraction of sp³-hybridized carbons (Fsp3) is 0.634. The molecule has 2 aromatic rings. The third kappa shape index (κ3) is 7.58. The molecule has 0 radical (unpaired) electrons. The molecule has 0 bridgehead atoms. The van der Waals surface area contributed by atoms with Gasteiger partial charge in [0, 0.05) is 29.4 Å². The Morgan fingerprint density at radius 1 is 1.00 bits per heavy atom. The van der Waals surface area contributed by atoms with Crippen LogP contribution in [0.2, 0.25) is 0 Å². The van der Waals surface area contributed by atoms with Gasteiger partial charge in [0.15, 0.2) is 11.6 Å². The summed E-state index contributed by atoms with van der Waals surface area (Å²) in [7, 11) is -4.02. The maximum atomic E-state index is 14.8. The van der Waals surface area contributed by atoms with Crippen molar-refractivity contribution in [2.45, 2.75) is 151 Å². The number of alkyl carbamates (subject to hydrolysis) is 1. The molecular formula is C41H51F2N5O8S. The van der Waals surface area contributed by atoms with Crippen LogP contribution < -0.4 is 20.1 Å². The Labute approximate surface area is 331 Å². The third-order valence-electron chi connectivity index (χ3n) is 13.1. The Bertz CT molecular complexity index is 2140. The molecule has 4 fully saturated rings. The molecule has 8 rings (SSSR count). The molecule has 6 aliphatic rings. The van der Waals surface area contributed by atoms with Crippen LogP contribution in [0.1, 0.15) is 114 Å². The van der Waals surface area contributed by atoms with Gasteiger partial charge in [-0.2, -0.15) is 0 Å². The van der Waals surface area contributed by atoms with Gasteiger partial charge in [-0.1, -0.05) is 31.4 Å². The van der Waals surface area contributed by atoms with Gasteiger partial charge in [-0.3, -0.25) is 19.1 Å². The number of ether oxygens (including phenoxy) is 2. The summed E-state index contributed by atoms with van der Waals surface area (Å²) in [5, 5.41) is 6.13. The smallest absolute Gasteiger partial charge is 0.408 e. The Kier molecular flexibility index (Phi) is 10.2. The van der Waals surface area contributed by atoms with Crippen LogP contribution in [0.5, 0.6) is 5.75 Å². The minimum Gasteiger partial charge on any atom is -0.483 e. The predicted molar refractivity (Wildman–Crippen MR) is 204 cm³/mol. The van der Waals surface area contributed by atoms with Crippen molar-refractivity contribution < 1.29 is 45.9 Å². The number of halogens is 2. The summed E-state index contributed by atoms with van der Waals surface area (Å²) >= 11 is 0. The van der Waals surface area contributed by atoms with Crippen LogP contribution in [0.15, 0.2) is 24.3 Å². The molecule has 5 atom stereocenters. The number of hydrogen-bond donors (Lipinski definition) is 3. The molecule has 3 N–H and O–H groups in total. The standard InChI is InChI=1S/C41H51F2N5O8S/c1-24-34-27(28-19-29(42)30(43)20-32(28)44-24)15-16-40(56-34)22-33-35(49)46-41(37(51)47-57(53,54)39(2)17-18-39)21-25(41)11-7-4-3-5-10-14-31(36(50)48(33)23-40)45-38(52)55-26-12-8-6-9-13-26/h7,11,19-20,25-26,31,33H,3-6,8-10,12-18,21-23H2,1-2H3,(H,45,52)(H,46,49)(H,47,51)/b11-7-/t25-,31+,33+,40-,41-/m1/s1. The zero-order valence-corrected chi connectivity index (χ0v) is 33.3. The van der Waals surface area contributed by atoms with Gasteiger partial charge < -0.3 is 25.0 Å². The van der Waals surface area contributed by atoms with Crippen molar-refractivity contribution >= 4 is 44.7 Å². The molecule has 13 nitrogen and oxygen atoms in total. The highest BCUT2D eigenvalue weighted by Crippen LogP contribution is 2.49. The van der Waals surface area contributed by atoms with E-state index in [1.54, 1.807) is 13.8 Å².